The Labute approximate surface area is 192 Å². The number of hydrogen-bond acceptors (Lipinski definition) is 5. The van der Waals surface area contributed by atoms with Crippen molar-refractivity contribution < 1.29 is 19.1 Å². The van der Waals surface area contributed by atoms with Gasteiger partial charge in [0.25, 0.3) is 0 Å². The number of Topliss-reactive ketones (excluding diaryl/α,β-unsaturated/α-hetero) is 1. The number of nitrogens with zero attached hydrogens (tertiary/aromatic N) is 1. The zero-order valence-corrected chi connectivity index (χ0v) is 20.2. The number of benzene rings is 1. The van der Waals surface area contributed by atoms with Crippen molar-refractivity contribution >= 4 is 17.5 Å². The van der Waals surface area contributed by atoms with Crippen LogP contribution in [0.25, 0.3) is 0 Å². The van der Waals surface area contributed by atoms with E-state index in [1.807, 2.05) is 31.2 Å². The Hall–Kier alpha value is -2.43. The van der Waals surface area contributed by atoms with Crippen LogP contribution in [-0.4, -0.2) is 30.7 Å². The van der Waals surface area contributed by atoms with Crippen molar-refractivity contribution in [1.82, 2.24) is 0 Å². The van der Waals surface area contributed by atoms with Crippen molar-refractivity contribution in [3.05, 3.63) is 41.1 Å². The highest BCUT2D eigenvalue weighted by molar-refractivity contribution is 6.12. The highest BCUT2D eigenvalue weighted by Gasteiger charge is 2.47. The van der Waals surface area contributed by atoms with Crippen LogP contribution in [0.1, 0.15) is 84.6 Å². The molecule has 0 N–H and O–H groups in total. The van der Waals surface area contributed by atoms with Crippen molar-refractivity contribution in [1.29, 1.82) is 0 Å². The summed E-state index contributed by atoms with van der Waals surface area (Å²) in [5.74, 6) is -0.187. The molecule has 0 saturated heterocycles. The van der Waals surface area contributed by atoms with E-state index in [1.165, 1.54) is 0 Å². The summed E-state index contributed by atoms with van der Waals surface area (Å²) in [4.78, 5) is 31.3. The van der Waals surface area contributed by atoms with Gasteiger partial charge in [0.05, 0.1) is 24.7 Å². The van der Waals surface area contributed by atoms with Gasteiger partial charge in [0.1, 0.15) is 11.5 Å². The number of esters is 1. The molecule has 1 aromatic carbocycles. The van der Waals surface area contributed by atoms with Crippen molar-refractivity contribution in [2.45, 2.75) is 79.1 Å². The van der Waals surface area contributed by atoms with Gasteiger partial charge < -0.3 is 9.47 Å². The number of carbonyl (C=O) groups is 2. The van der Waals surface area contributed by atoms with Gasteiger partial charge in [-0.25, -0.2) is 4.79 Å². The standard InChI is InChI=1S/C27H37NO4/c1-6-8-9-15-32-26(30)23-18(3)28-21-16-27(4,5)17-22(29)25(21)24(23)19-10-12-20(13-11-19)31-14-7-2/h10-13,24-25H,6-9,14-17H2,1-5H3. The summed E-state index contributed by atoms with van der Waals surface area (Å²) in [6.45, 7) is 11.3. The van der Waals surface area contributed by atoms with E-state index in [2.05, 4.69) is 27.7 Å². The lowest BCUT2D eigenvalue weighted by Crippen LogP contribution is -2.44. The van der Waals surface area contributed by atoms with Crippen molar-refractivity contribution in [3.63, 3.8) is 0 Å². The molecule has 1 aliphatic heterocycles. The number of allylic oxidation sites excluding steroid dienone is 1. The van der Waals surface area contributed by atoms with Crippen LogP contribution < -0.4 is 4.74 Å². The molecule has 5 nitrogen and oxygen atoms in total. The maximum Gasteiger partial charge on any atom is 0.336 e. The van der Waals surface area contributed by atoms with E-state index < -0.39 is 5.92 Å². The number of ketones is 1. The van der Waals surface area contributed by atoms with E-state index in [1.54, 1.807) is 0 Å². The molecule has 1 fully saturated rings. The third-order valence-corrected chi connectivity index (χ3v) is 6.28. The van der Waals surface area contributed by atoms with E-state index in [4.69, 9.17) is 14.5 Å². The third kappa shape index (κ3) is 5.48. The van der Waals surface area contributed by atoms with Gasteiger partial charge in [-0.15, -0.1) is 0 Å². The molecule has 0 aromatic heterocycles. The van der Waals surface area contributed by atoms with Crippen LogP contribution in [0.4, 0.5) is 0 Å². The minimum Gasteiger partial charge on any atom is -0.494 e. The minimum absolute atomic E-state index is 0.118. The van der Waals surface area contributed by atoms with E-state index in [0.717, 1.165) is 49.1 Å². The Kier molecular flexibility index (Phi) is 7.91. The fourth-order valence-electron chi connectivity index (χ4n) is 4.80. The van der Waals surface area contributed by atoms with Gasteiger partial charge in [-0.3, -0.25) is 9.79 Å². The highest BCUT2D eigenvalue weighted by Crippen LogP contribution is 2.47. The molecule has 3 rings (SSSR count). The average Bonchev–Trinajstić information content (AvgIpc) is 2.73. The third-order valence-electron chi connectivity index (χ3n) is 6.28. The summed E-state index contributed by atoms with van der Waals surface area (Å²) in [7, 11) is 0. The summed E-state index contributed by atoms with van der Waals surface area (Å²) in [6, 6.07) is 7.80. The Morgan fingerprint density at radius 1 is 1.03 bits per heavy atom. The fourth-order valence-corrected chi connectivity index (χ4v) is 4.80. The molecule has 0 spiro atoms. The molecular weight excluding hydrogens is 402 g/mol. The maximum absolute atomic E-state index is 13.3. The molecule has 0 amide bonds. The number of unbranched alkanes of at least 4 members (excludes halogenated alkanes) is 2. The summed E-state index contributed by atoms with van der Waals surface area (Å²) in [6.07, 6.45) is 5.11. The summed E-state index contributed by atoms with van der Waals surface area (Å²) >= 11 is 0. The first-order chi connectivity index (χ1) is 15.3. The van der Waals surface area contributed by atoms with Crippen LogP contribution in [-0.2, 0) is 14.3 Å². The number of fused-ring (bicyclic) bond motifs is 1. The topological polar surface area (TPSA) is 65.0 Å². The molecule has 32 heavy (non-hydrogen) atoms. The normalized spacial score (nSPS) is 22.3. The number of ether oxygens (including phenoxy) is 2. The first-order valence-corrected chi connectivity index (χ1v) is 12.0. The Balaban J connectivity index is 1.98. The van der Waals surface area contributed by atoms with Crippen LogP contribution in [0.3, 0.4) is 0 Å². The molecule has 1 saturated carbocycles. The summed E-state index contributed by atoms with van der Waals surface area (Å²) < 4.78 is 11.4. The second-order valence-corrected chi connectivity index (χ2v) is 9.80. The van der Waals surface area contributed by atoms with Crippen LogP contribution in [0.15, 0.2) is 40.5 Å². The van der Waals surface area contributed by atoms with Crippen LogP contribution in [0.5, 0.6) is 5.75 Å². The van der Waals surface area contributed by atoms with Crippen molar-refractivity contribution in [2.24, 2.45) is 16.3 Å². The zero-order chi connectivity index (χ0) is 23.3. The van der Waals surface area contributed by atoms with Crippen molar-refractivity contribution in [2.75, 3.05) is 13.2 Å². The predicted molar refractivity (Wildman–Crippen MR) is 127 cm³/mol. The summed E-state index contributed by atoms with van der Waals surface area (Å²) in [5, 5.41) is 0. The Morgan fingerprint density at radius 2 is 1.75 bits per heavy atom. The average molecular weight is 440 g/mol. The molecule has 0 radical (unpaired) electrons. The molecule has 1 aromatic rings. The zero-order valence-electron chi connectivity index (χ0n) is 20.2. The molecule has 0 bridgehead atoms. The van der Waals surface area contributed by atoms with Gasteiger partial charge >= 0.3 is 5.97 Å². The lowest BCUT2D eigenvalue weighted by molar-refractivity contribution is -0.139. The lowest BCUT2D eigenvalue weighted by atomic mass is 9.63. The first-order valence-electron chi connectivity index (χ1n) is 12.0. The predicted octanol–water partition coefficient (Wildman–Crippen LogP) is 6.03. The van der Waals surface area contributed by atoms with Gasteiger partial charge in [0.2, 0.25) is 0 Å². The molecule has 2 atom stereocenters. The highest BCUT2D eigenvalue weighted by atomic mass is 16.5. The van der Waals surface area contributed by atoms with E-state index in [9.17, 15) is 9.59 Å². The Morgan fingerprint density at radius 3 is 2.41 bits per heavy atom. The van der Waals surface area contributed by atoms with E-state index in [-0.39, 0.29) is 23.1 Å². The van der Waals surface area contributed by atoms with Gasteiger partial charge in [0.15, 0.2) is 0 Å². The largest absolute Gasteiger partial charge is 0.494 e. The molecule has 1 aliphatic carbocycles. The number of hydrogen-bond donors (Lipinski definition) is 0. The second kappa shape index (κ2) is 10.5. The van der Waals surface area contributed by atoms with E-state index >= 15 is 0 Å². The molecule has 5 heteroatoms. The monoisotopic (exact) mass is 439 g/mol. The maximum atomic E-state index is 13.3. The quantitative estimate of drug-likeness (QED) is 0.348. The fraction of sp³-hybridized carbons (Fsp3) is 0.593. The number of carbonyl (C=O) groups excluding carboxylic acids is 2. The number of rotatable bonds is 9. The van der Waals surface area contributed by atoms with Crippen molar-refractivity contribution in [3.8, 4) is 5.75 Å². The smallest absolute Gasteiger partial charge is 0.336 e. The SMILES string of the molecule is CCCCCOC(=O)C1=C(C)N=C2CC(C)(C)CC(=O)C2C1c1ccc(OCCC)cc1. The molecule has 2 unspecified atom stereocenters. The van der Waals surface area contributed by atoms with E-state index in [0.29, 0.717) is 30.9 Å². The molecule has 1 heterocycles. The Bertz CT molecular complexity index is 895. The molecular formula is C27H37NO4. The van der Waals surface area contributed by atoms with Gasteiger partial charge in [0, 0.05) is 23.7 Å². The van der Waals surface area contributed by atoms with Gasteiger partial charge in [-0.1, -0.05) is 52.7 Å². The van der Waals surface area contributed by atoms with Gasteiger partial charge in [-0.05, 0) is 49.3 Å². The van der Waals surface area contributed by atoms with Crippen LogP contribution in [0.2, 0.25) is 0 Å². The first kappa shape index (κ1) is 24.2. The molecule has 2 aliphatic rings. The van der Waals surface area contributed by atoms with Crippen LogP contribution in [0, 0.1) is 11.3 Å². The lowest BCUT2D eigenvalue weighted by Gasteiger charge is -2.41. The van der Waals surface area contributed by atoms with Crippen LogP contribution >= 0.6 is 0 Å². The number of aliphatic imine (C=N–C) groups is 1. The summed E-state index contributed by atoms with van der Waals surface area (Å²) in [5.41, 5.74) is 2.89. The second-order valence-electron chi connectivity index (χ2n) is 9.80. The minimum atomic E-state index is -0.410. The molecule has 174 valence electrons. The van der Waals surface area contributed by atoms with Gasteiger partial charge in [-0.2, -0.15) is 0 Å².